The molecule has 4 nitrogen and oxygen atoms in total. The van der Waals surface area contributed by atoms with E-state index in [9.17, 15) is 4.79 Å². The van der Waals surface area contributed by atoms with Crippen molar-refractivity contribution >= 4 is 18.5 Å². The molecule has 2 rings (SSSR count). The first kappa shape index (κ1) is 11.7. The molecule has 0 atom stereocenters. The smallest absolute Gasteiger partial charge is 0.251 e. The molecule has 1 aromatic heterocycles. The molecule has 0 radical (unpaired) electrons. The zero-order valence-electron chi connectivity index (χ0n) is 9.30. The van der Waals surface area contributed by atoms with E-state index in [1.807, 2.05) is 19.1 Å². The molecule has 1 heterocycles. The van der Waals surface area contributed by atoms with E-state index in [2.05, 4.69) is 27.6 Å². The van der Waals surface area contributed by atoms with Crippen LogP contribution in [0.4, 0.5) is 0 Å². The van der Waals surface area contributed by atoms with E-state index >= 15 is 0 Å². The molecule has 0 aliphatic carbocycles. The van der Waals surface area contributed by atoms with Crippen LogP contribution in [-0.4, -0.2) is 11.1 Å². The van der Waals surface area contributed by atoms with Gasteiger partial charge in [-0.05, 0) is 24.6 Å². The predicted octanol–water partition coefficient (Wildman–Crippen LogP) is 2.20. The van der Waals surface area contributed by atoms with Gasteiger partial charge in [0.2, 0.25) is 0 Å². The molecule has 1 aromatic carbocycles. The SMILES string of the molecule is Cc1ccc(S)cc1C(=O)NCc1ccon1. The Morgan fingerprint density at radius 3 is 3.00 bits per heavy atom. The van der Waals surface area contributed by atoms with Crippen LogP contribution in [0.15, 0.2) is 39.9 Å². The van der Waals surface area contributed by atoms with Crippen molar-refractivity contribution in [2.24, 2.45) is 0 Å². The molecule has 0 aliphatic heterocycles. The van der Waals surface area contributed by atoms with Gasteiger partial charge in [-0.2, -0.15) is 0 Å². The van der Waals surface area contributed by atoms with E-state index in [0.717, 1.165) is 10.5 Å². The van der Waals surface area contributed by atoms with Crippen LogP contribution >= 0.6 is 12.6 Å². The quantitative estimate of drug-likeness (QED) is 0.819. The van der Waals surface area contributed by atoms with Crippen LogP contribution in [0.1, 0.15) is 21.6 Å². The van der Waals surface area contributed by atoms with Crippen molar-refractivity contribution in [2.75, 3.05) is 0 Å². The highest BCUT2D eigenvalue weighted by atomic mass is 32.1. The largest absolute Gasteiger partial charge is 0.364 e. The molecule has 0 bridgehead atoms. The number of carbonyl (C=O) groups excluding carboxylic acids is 1. The topological polar surface area (TPSA) is 55.1 Å². The van der Waals surface area contributed by atoms with Crippen LogP contribution in [0.3, 0.4) is 0 Å². The van der Waals surface area contributed by atoms with Crippen LogP contribution in [0.5, 0.6) is 0 Å². The molecule has 0 saturated heterocycles. The monoisotopic (exact) mass is 248 g/mol. The average molecular weight is 248 g/mol. The van der Waals surface area contributed by atoms with Gasteiger partial charge in [-0.25, -0.2) is 0 Å². The van der Waals surface area contributed by atoms with Crippen molar-refractivity contribution in [1.82, 2.24) is 10.5 Å². The van der Waals surface area contributed by atoms with Crippen LogP contribution in [0.25, 0.3) is 0 Å². The molecule has 0 saturated carbocycles. The molecule has 88 valence electrons. The van der Waals surface area contributed by atoms with E-state index in [-0.39, 0.29) is 5.91 Å². The van der Waals surface area contributed by atoms with E-state index in [0.29, 0.717) is 17.8 Å². The van der Waals surface area contributed by atoms with Gasteiger partial charge in [0.25, 0.3) is 5.91 Å². The number of nitrogens with zero attached hydrogens (tertiary/aromatic N) is 1. The summed E-state index contributed by atoms with van der Waals surface area (Å²) in [5.74, 6) is -0.138. The van der Waals surface area contributed by atoms with E-state index in [1.54, 1.807) is 12.1 Å². The molecule has 0 spiro atoms. The molecule has 1 N–H and O–H groups in total. The molecular formula is C12H12N2O2S. The van der Waals surface area contributed by atoms with Gasteiger partial charge in [-0.3, -0.25) is 4.79 Å². The van der Waals surface area contributed by atoms with Crippen LogP contribution in [0.2, 0.25) is 0 Å². The molecule has 1 amide bonds. The van der Waals surface area contributed by atoms with Crippen molar-refractivity contribution in [1.29, 1.82) is 0 Å². The molecule has 0 aliphatic rings. The number of benzene rings is 1. The fourth-order valence-corrected chi connectivity index (χ4v) is 1.65. The normalized spacial score (nSPS) is 10.2. The lowest BCUT2D eigenvalue weighted by molar-refractivity contribution is 0.0949. The first-order valence-corrected chi connectivity index (χ1v) is 5.58. The Kier molecular flexibility index (Phi) is 3.49. The minimum atomic E-state index is -0.138. The first-order valence-electron chi connectivity index (χ1n) is 5.14. The number of nitrogens with one attached hydrogen (secondary N) is 1. The van der Waals surface area contributed by atoms with Gasteiger partial charge in [0.15, 0.2) is 0 Å². The Morgan fingerprint density at radius 2 is 2.29 bits per heavy atom. The predicted molar refractivity (Wildman–Crippen MR) is 66.1 cm³/mol. The minimum Gasteiger partial charge on any atom is -0.364 e. The maximum Gasteiger partial charge on any atom is 0.251 e. The van der Waals surface area contributed by atoms with Crippen molar-refractivity contribution in [3.05, 3.63) is 47.3 Å². The summed E-state index contributed by atoms with van der Waals surface area (Å²) in [5.41, 5.74) is 2.24. The maximum absolute atomic E-state index is 11.9. The van der Waals surface area contributed by atoms with Crippen molar-refractivity contribution in [3.63, 3.8) is 0 Å². The van der Waals surface area contributed by atoms with Gasteiger partial charge in [0, 0.05) is 16.5 Å². The molecule has 2 aromatic rings. The van der Waals surface area contributed by atoms with Crippen molar-refractivity contribution < 1.29 is 9.32 Å². The Bertz CT molecular complexity index is 523. The number of hydrogen-bond donors (Lipinski definition) is 2. The highest BCUT2D eigenvalue weighted by molar-refractivity contribution is 7.80. The Labute approximate surface area is 104 Å². The lowest BCUT2D eigenvalue weighted by Gasteiger charge is -2.06. The van der Waals surface area contributed by atoms with Crippen molar-refractivity contribution in [2.45, 2.75) is 18.4 Å². The molecular weight excluding hydrogens is 236 g/mol. The van der Waals surface area contributed by atoms with E-state index in [1.165, 1.54) is 6.26 Å². The fourth-order valence-electron chi connectivity index (χ4n) is 1.45. The summed E-state index contributed by atoms with van der Waals surface area (Å²) in [7, 11) is 0. The van der Waals surface area contributed by atoms with Gasteiger partial charge in [-0.1, -0.05) is 11.2 Å². The number of hydrogen-bond acceptors (Lipinski definition) is 4. The second-order valence-corrected chi connectivity index (χ2v) is 4.19. The maximum atomic E-state index is 11.9. The lowest BCUT2D eigenvalue weighted by Crippen LogP contribution is -2.23. The summed E-state index contributed by atoms with van der Waals surface area (Å²) in [4.78, 5) is 12.7. The number of amides is 1. The van der Waals surface area contributed by atoms with E-state index in [4.69, 9.17) is 0 Å². The summed E-state index contributed by atoms with van der Waals surface area (Å²) in [6.07, 6.45) is 1.47. The Balaban J connectivity index is 2.07. The Morgan fingerprint density at radius 1 is 1.47 bits per heavy atom. The number of thiol groups is 1. The summed E-state index contributed by atoms with van der Waals surface area (Å²) >= 11 is 4.22. The third kappa shape index (κ3) is 2.88. The standard InChI is InChI=1S/C12H12N2O2S/c1-8-2-3-10(17)6-11(8)12(15)13-7-9-4-5-16-14-9/h2-6,17H,7H2,1H3,(H,13,15). The first-order chi connectivity index (χ1) is 8.16. The zero-order chi connectivity index (χ0) is 12.3. The molecule has 0 fully saturated rings. The van der Waals surface area contributed by atoms with Crippen molar-refractivity contribution in [3.8, 4) is 0 Å². The summed E-state index contributed by atoms with van der Waals surface area (Å²) in [6, 6.07) is 7.18. The molecule has 17 heavy (non-hydrogen) atoms. The number of aromatic nitrogens is 1. The lowest BCUT2D eigenvalue weighted by atomic mass is 10.1. The summed E-state index contributed by atoms with van der Waals surface area (Å²) in [6.45, 7) is 2.24. The van der Waals surface area contributed by atoms with Gasteiger partial charge >= 0.3 is 0 Å². The highest BCUT2D eigenvalue weighted by Gasteiger charge is 2.09. The number of aryl methyl sites for hydroxylation is 1. The zero-order valence-corrected chi connectivity index (χ0v) is 10.2. The third-order valence-electron chi connectivity index (χ3n) is 2.39. The van der Waals surface area contributed by atoms with E-state index < -0.39 is 0 Å². The van der Waals surface area contributed by atoms with Gasteiger partial charge < -0.3 is 9.84 Å². The average Bonchev–Trinajstić information content (AvgIpc) is 2.82. The van der Waals surface area contributed by atoms with Crippen LogP contribution in [-0.2, 0) is 6.54 Å². The number of rotatable bonds is 3. The van der Waals surface area contributed by atoms with Crippen LogP contribution in [0, 0.1) is 6.92 Å². The van der Waals surface area contributed by atoms with Gasteiger partial charge in [0.05, 0.1) is 6.54 Å². The highest BCUT2D eigenvalue weighted by Crippen LogP contribution is 2.14. The second-order valence-electron chi connectivity index (χ2n) is 3.67. The Hall–Kier alpha value is -1.75. The fraction of sp³-hybridized carbons (Fsp3) is 0.167. The molecule has 5 heteroatoms. The van der Waals surface area contributed by atoms with Gasteiger partial charge in [-0.15, -0.1) is 12.6 Å². The second kappa shape index (κ2) is 5.05. The summed E-state index contributed by atoms with van der Waals surface area (Å²) in [5, 5.41) is 6.49. The van der Waals surface area contributed by atoms with Gasteiger partial charge in [0.1, 0.15) is 12.0 Å². The number of carbonyl (C=O) groups is 1. The third-order valence-corrected chi connectivity index (χ3v) is 2.67. The summed E-state index contributed by atoms with van der Waals surface area (Å²) < 4.78 is 4.68. The minimum absolute atomic E-state index is 0.138. The molecule has 0 unspecified atom stereocenters. The van der Waals surface area contributed by atoms with Crippen LogP contribution < -0.4 is 5.32 Å².